The number of hydrogen-bond acceptors (Lipinski definition) is 3. The molecular weight excluding hydrogens is 136 g/mol. The molecule has 2 N–H and O–H groups in total. The van der Waals surface area contributed by atoms with Crippen LogP contribution in [0.25, 0.3) is 0 Å². The molecule has 9 heavy (non-hydrogen) atoms. The summed E-state index contributed by atoms with van der Waals surface area (Å²) in [7, 11) is 0.306. The van der Waals surface area contributed by atoms with Gasteiger partial charge < -0.3 is 14.6 Å². The minimum absolute atomic E-state index is 0.0370. The van der Waals surface area contributed by atoms with Gasteiger partial charge >= 0.3 is 0 Å². The van der Waals surface area contributed by atoms with Crippen molar-refractivity contribution in [2.24, 2.45) is 0 Å². The third kappa shape index (κ3) is 11.4. The Labute approximate surface area is 58.5 Å². The zero-order chi connectivity index (χ0) is 7.70. The summed E-state index contributed by atoms with van der Waals surface area (Å²) in [6.07, 6.45) is 1.58. The Balaban J connectivity index is 0. The molecule has 1 unspecified atom stereocenters. The van der Waals surface area contributed by atoms with E-state index in [1.54, 1.807) is 6.08 Å². The summed E-state index contributed by atoms with van der Waals surface area (Å²) in [4.78, 5) is 7.14. The van der Waals surface area contributed by atoms with Crippen molar-refractivity contribution in [1.82, 2.24) is 0 Å². The van der Waals surface area contributed by atoms with Crippen molar-refractivity contribution in [2.75, 3.05) is 6.79 Å². The van der Waals surface area contributed by atoms with Crippen LogP contribution in [0.3, 0.4) is 0 Å². The maximum absolute atomic E-state index is 8.10. The number of aliphatic hydroxyl groups is 1. The molecule has 0 radical (unpaired) electrons. The van der Waals surface area contributed by atoms with Gasteiger partial charge in [0, 0.05) is 0 Å². The van der Waals surface area contributed by atoms with E-state index in [1.807, 2.05) is 6.92 Å². The predicted molar refractivity (Wildman–Crippen MR) is 40.0 cm³/mol. The van der Waals surface area contributed by atoms with E-state index in [1.165, 1.54) is 0 Å². The van der Waals surface area contributed by atoms with Crippen molar-refractivity contribution in [3.63, 3.8) is 0 Å². The largest absolute Gasteiger partial charge is 0.442 e. The number of aliphatic hydroxyl groups excluding tert-OH is 1. The summed E-state index contributed by atoms with van der Waals surface area (Å²) in [6.45, 7) is 5.02. The number of rotatable bonds is 3. The molecular formula is C5H14O3Si. The van der Waals surface area contributed by atoms with Crippen LogP contribution in [0.15, 0.2) is 12.7 Å². The molecule has 4 heteroatoms. The summed E-state index contributed by atoms with van der Waals surface area (Å²) in [5, 5.41) is 8.10. The maximum Gasteiger partial charge on any atom is 0.144 e. The van der Waals surface area contributed by atoms with Gasteiger partial charge in [-0.15, -0.1) is 6.58 Å². The van der Waals surface area contributed by atoms with E-state index in [9.17, 15) is 0 Å². The lowest BCUT2D eigenvalue weighted by Crippen LogP contribution is -2.03. The third-order valence-corrected chi connectivity index (χ3v) is 0.669. The molecule has 0 saturated heterocycles. The van der Waals surface area contributed by atoms with E-state index in [4.69, 9.17) is 9.90 Å². The van der Waals surface area contributed by atoms with Gasteiger partial charge in [-0.2, -0.15) is 0 Å². The Bertz CT molecular complexity index is 58.2. The number of ether oxygens (including phenoxy) is 1. The molecule has 0 aromatic rings. The first-order valence-electron chi connectivity index (χ1n) is 2.61. The molecule has 0 rings (SSSR count). The maximum atomic E-state index is 8.10. The lowest BCUT2D eigenvalue weighted by molar-refractivity contribution is -0.0236. The second kappa shape index (κ2) is 10.8. The van der Waals surface area contributed by atoms with Gasteiger partial charge in [-0.1, -0.05) is 6.08 Å². The molecule has 0 aliphatic heterocycles. The molecule has 0 fully saturated rings. The highest BCUT2D eigenvalue weighted by Gasteiger charge is 1.88. The van der Waals surface area contributed by atoms with Crippen molar-refractivity contribution in [3.05, 3.63) is 12.7 Å². The number of hydrogen-bond donors (Lipinski definition) is 2. The predicted octanol–water partition coefficient (Wildman–Crippen LogP) is -1.21. The van der Waals surface area contributed by atoms with Gasteiger partial charge in [0.05, 0.1) is 6.10 Å². The Kier molecular flexibility index (Phi) is 13.9. The average Bonchev–Trinajstić information content (AvgIpc) is 1.93. The van der Waals surface area contributed by atoms with Crippen LogP contribution in [0.4, 0.5) is 0 Å². The van der Waals surface area contributed by atoms with Crippen molar-refractivity contribution in [3.8, 4) is 0 Å². The van der Waals surface area contributed by atoms with Crippen molar-refractivity contribution in [2.45, 2.75) is 13.0 Å². The van der Waals surface area contributed by atoms with E-state index in [2.05, 4.69) is 11.3 Å². The molecule has 0 heterocycles. The van der Waals surface area contributed by atoms with Crippen LogP contribution in [-0.4, -0.2) is 33.3 Å². The van der Waals surface area contributed by atoms with Crippen LogP contribution in [0.5, 0.6) is 0 Å². The normalized spacial score (nSPS) is 11.4. The van der Waals surface area contributed by atoms with Crippen LogP contribution >= 0.6 is 0 Å². The third-order valence-electron chi connectivity index (χ3n) is 0.669. The first-order valence-corrected chi connectivity index (χ1v) is 3.50. The molecule has 3 nitrogen and oxygen atoms in total. The molecule has 0 amide bonds. The van der Waals surface area contributed by atoms with Crippen LogP contribution in [0.2, 0.25) is 0 Å². The van der Waals surface area contributed by atoms with Gasteiger partial charge in [0.1, 0.15) is 17.3 Å². The standard InChI is InChI=1S/C5H10O2.H4OSi/c1-3-5(2)7-4-6;1-2/h3,5-6H,1,4H2,2H3;1H,2H3. The monoisotopic (exact) mass is 150 g/mol. The molecule has 0 aliphatic rings. The average molecular weight is 150 g/mol. The summed E-state index contributed by atoms with van der Waals surface area (Å²) < 4.78 is 4.63. The SMILES string of the molecule is C=CC(C)OCO.O[SiH3]. The minimum Gasteiger partial charge on any atom is -0.442 e. The van der Waals surface area contributed by atoms with Crippen LogP contribution in [0, 0.1) is 0 Å². The lowest BCUT2D eigenvalue weighted by atomic mass is 10.4. The summed E-state index contributed by atoms with van der Waals surface area (Å²) in [6, 6.07) is 0. The second-order valence-corrected chi connectivity index (χ2v) is 1.24. The first-order chi connectivity index (χ1) is 4.31. The topological polar surface area (TPSA) is 49.7 Å². The Morgan fingerprint density at radius 3 is 2.33 bits per heavy atom. The van der Waals surface area contributed by atoms with Crippen molar-refractivity contribution >= 4 is 10.5 Å². The van der Waals surface area contributed by atoms with Crippen LogP contribution < -0.4 is 0 Å². The van der Waals surface area contributed by atoms with Crippen LogP contribution in [0.1, 0.15) is 6.92 Å². The van der Waals surface area contributed by atoms with Crippen molar-refractivity contribution < 1.29 is 14.6 Å². The molecule has 0 bridgehead atoms. The van der Waals surface area contributed by atoms with Crippen LogP contribution in [-0.2, 0) is 4.74 Å². The van der Waals surface area contributed by atoms with Gasteiger partial charge in [0.25, 0.3) is 0 Å². The van der Waals surface area contributed by atoms with Gasteiger partial charge in [0.15, 0.2) is 0 Å². The smallest absolute Gasteiger partial charge is 0.144 e. The van der Waals surface area contributed by atoms with E-state index >= 15 is 0 Å². The van der Waals surface area contributed by atoms with E-state index in [0.29, 0.717) is 10.5 Å². The Hall–Kier alpha value is -0.163. The van der Waals surface area contributed by atoms with E-state index in [0.717, 1.165) is 0 Å². The highest BCUT2D eigenvalue weighted by Crippen LogP contribution is 1.86. The molecule has 56 valence electrons. The fraction of sp³-hybridized carbons (Fsp3) is 0.600. The highest BCUT2D eigenvalue weighted by atomic mass is 28.2. The quantitative estimate of drug-likeness (QED) is 0.301. The van der Waals surface area contributed by atoms with Gasteiger partial charge in [-0.25, -0.2) is 0 Å². The minimum atomic E-state index is -0.229. The van der Waals surface area contributed by atoms with Crippen molar-refractivity contribution in [1.29, 1.82) is 0 Å². The molecule has 0 aromatic heterocycles. The molecule has 0 aromatic carbocycles. The van der Waals surface area contributed by atoms with E-state index < -0.39 is 0 Å². The van der Waals surface area contributed by atoms with Gasteiger partial charge in [0.2, 0.25) is 0 Å². The fourth-order valence-electron chi connectivity index (χ4n) is 0.186. The Morgan fingerprint density at radius 1 is 1.78 bits per heavy atom. The molecule has 0 saturated carbocycles. The zero-order valence-electron chi connectivity index (χ0n) is 5.87. The summed E-state index contributed by atoms with van der Waals surface area (Å²) in [5.74, 6) is 0. The highest BCUT2D eigenvalue weighted by molar-refractivity contribution is 5.95. The zero-order valence-corrected chi connectivity index (χ0v) is 7.87. The molecule has 1 atom stereocenters. The van der Waals surface area contributed by atoms with Gasteiger partial charge in [-0.3, -0.25) is 0 Å². The first kappa shape index (κ1) is 11.6. The summed E-state index contributed by atoms with van der Waals surface area (Å²) in [5.41, 5.74) is 0. The molecule has 0 aliphatic carbocycles. The molecule has 0 spiro atoms. The fourth-order valence-corrected chi connectivity index (χ4v) is 0.186. The second-order valence-electron chi connectivity index (χ2n) is 1.24. The lowest BCUT2D eigenvalue weighted by Gasteiger charge is -2.01. The van der Waals surface area contributed by atoms with E-state index in [-0.39, 0.29) is 12.9 Å². The summed E-state index contributed by atoms with van der Waals surface area (Å²) >= 11 is 0. The van der Waals surface area contributed by atoms with Gasteiger partial charge in [-0.05, 0) is 6.92 Å². The Morgan fingerprint density at radius 2 is 2.22 bits per heavy atom.